The maximum atomic E-state index is 11.1. The first kappa shape index (κ1) is 20.4. The normalized spacial score (nSPS) is 16.0. The lowest BCUT2D eigenvalue weighted by Gasteiger charge is -2.36. The summed E-state index contributed by atoms with van der Waals surface area (Å²) in [6, 6.07) is 1.81. The SMILES string of the molecule is CCNC(=NCCOCCS(C)(=O)=O)N1CCN(c2ncccn2)CC1. The van der Waals surface area contributed by atoms with Crippen LogP contribution in [0.5, 0.6) is 0 Å². The Kier molecular flexibility index (Phi) is 8.05. The van der Waals surface area contributed by atoms with Crippen LogP contribution in [0.3, 0.4) is 0 Å². The van der Waals surface area contributed by atoms with Crippen molar-refractivity contribution >= 4 is 21.7 Å². The molecule has 1 aromatic rings. The molecule has 0 radical (unpaired) electrons. The van der Waals surface area contributed by atoms with Gasteiger partial charge in [0.15, 0.2) is 5.96 Å². The number of aromatic nitrogens is 2. The minimum Gasteiger partial charge on any atom is -0.378 e. The Morgan fingerprint density at radius 1 is 1.23 bits per heavy atom. The molecular formula is C16H28N6O3S. The first-order chi connectivity index (χ1) is 12.5. The summed E-state index contributed by atoms with van der Waals surface area (Å²) >= 11 is 0. The summed E-state index contributed by atoms with van der Waals surface area (Å²) < 4.78 is 27.5. The van der Waals surface area contributed by atoms with Gasteiger partial charge in [-0.3, -0.25) is 4.99 Å². The molecule has 1 saturated heterocycles. The van der Waals surface area contributed by atoms with E-state index in [-0.39, 0.29) is 12.4 Å². The number of hydrogen-bond donors (Lipinski definition) is 1. The van der Waals surface area contributed by atoms with Gasteiger partial charge in [0.2, 0.25) is 5.95 Å². The van der Waals surface area contributed by atoms with Crippen molar-refractivity contribution in [2.24, 2.45) is 4.99 Å². The van der Waals surface area contributed by atoms with Crippen LogP contribution in [0.1, 0.15) is 6.92 Å². The molecule has 1 aliphatic heterocycles. The molecule has 0 aliphatic carbocycles. The van der Waals surface area contributed by atoms with Crippen molar-refractivity contribution in [2.75, 3.05) is 69.4 Å². The fourth-order valence-corrected chi connectivity index (χ4v) is 2.95. The Balaban J connectivity index is 1.78. The standard InChI is InChI=1S/C16H28N6O3S/c1-3-17-15(20-7-12-25-13-14-26(2,23)24)21-8-10-22(11-9-21)16-18-5-4-6-19-16/h4-6H,3,7-14H2,1-2H3,(H,17,20). The van der Waals surface area contributed by atoms with Gasteiger partial charge in [-0.15, -0.1) is 0 Å². The van der Waals surface area contributed by atoms with Gasteiger partial charge in [-0.2, -0.15) is 0 Å². The molecule has 2 rings (SSSR count). The Labute approximate surface area is 155 Å². The number of guanidine groups is 1. The molecule has 1 aromatic heterocycles. The van der Waals surface area contributed by atoms with E-state index in [9.17, 15) is 8.42 Å². The predicted molar refractivity (Wildman–Crippen MR) is 102 cm³/mol. The molecule has 26 heavy (non-hydrogen) atoms. The molecule has 0 aromatic carbocycles. The maximum absolute atomic E-state index is 11.1. The maximum Gasteiger partial charge on any atom is 0.225 e. The summed E-state index contributed by atoms with van der Waals surface area (Å²) in [5, 5.41) is 3.30. The number of piperazine rings is 1. The van der Waals surface area contributed by atoms with Gasteiger partial charge in [0.05, 0.1) is 25.5 Å². The Hall–Kier alpha value is -1.94. The van der Waals surface area contributed by atoms with E-state index >= 15 is 0 Å². The zero-order chi connectivity index (χ0) is 18.8. The lowest BCUT2D eigenvalue weighted by molar-refractivity contribution is 0.157. The van der Waals surface area contributed by atoms with E-state index in [0.29, 0.717) is 13.2 Å². The van der Waals surface area contributed by atoms with Crippen molar-refractivity contribution in [1.82, 2.24) is 20.2 Å². The van der Waals surface area contributed by atoms with Gasteiger partial charge in [-0.25, -0.2) is 18.4 Å². The highest BCUT2D eigenvalue weighted by Crippen LogP contribution is 2.09. The molecule has 0 bridgehead atoms. The van der Waals surface area contributed by atoms with Crippen molar-refractivity contribution < 1.29 is 13.2 Å². The van der Waals surface area contributed by atoms with Crippen molar-refractivity contribution in [3.63, 3.8) is 0 Å². The zero-order valence-corrected chi connectivity index (χ0v) is 16.3. The Morgan fingerprint density at radius 2 is 1.92 bits per heavy atom. The van der Waals surface area contributed by atoms with Gasteiger partial charge in [0.25, 0.3) is 0 Å². The van der Waals surface area contributed by atoms with Crippen LogP contribution in [0, 0.1) is 0 Å². The number of ether oxygens (including phenoxy) is 1. The summed E-state index contributed by atoms with van der Waals surface area (Å²) in [7, 11) is -2.98. The number of anilines is 1. The Bertz CT molecular complexity index is 660. The highest BCUT2D eigenvalue weighted by Gasteiger charge is 2.20. The first-order valence-corrected chi connectivity index (χ1v) is 10.9. The van der Waals surface area contributed by atoms with E-state index in [0.717, 1.165) is 44.6 Å². The van der Waals surface area contributed by atoms with Crippen LogP contribution in [-0.4, -0.2) is 93.7 Å². The molecule has 0 saturated carbocycles. The summed E-state index contributed by atoms with van der Waals surface area (Å²) in [5.41, 5.74) is 0. The average molecular weight is 385 g/mol. The van der Waals surface area contributed by atoms with Gasteiger partial charge in [-0.05, 0) is 13.0 Å². The van der Waals surface area contributed by atoms with E-state index in [4.69, 9.17) is 4.74 Å². The molecule has 146 valence electrons. The number of hydrogen-bond acceptors (Lipinski definition) is 7. The fourth-order valence-electron chi connectivity index (χ4n) is 2.53. The van der Waals surface area contributed by atoms with Gasteiger partial charge >= 0.3 is 0 Å². The summed E-state index contributed by atoms with van der Waals surface area (Å²) in [5.74, 6) is 1.65. The van der Waals surface area contributed by atoms with Gasteiger partial charge in [0.1, 0.15) is 9.84 Å². The molecule has 1 N–H and O–H groups in total. The number of sulfone groups is 1. The lowest BCUT2D eigenvalue weighted by Crippen LogP contribution is -2.53. The van der Waals surface area contributed by atoms with E-state index in [1.54, 1.807) is 12.4 Å². The van der Waals surface area contributed by atoms with Crippen LogP contribution < -0.4 is 10.2 Å². The third-order valence-corrected chi connectivity index (χ3v) is 4.75. The smallest absolute Gasteiger partial charge is 0.225 e. The molecule has 0 atom stereocenters. The second kappa shape index (κ2) is 10.3. The van der Waals surface area contributed by atoms with Gasteiger partial charge in [0, 0.05) is 51.4 Å². The largest absolute Gasteiger partial charge is 0.378 e. The minimum atomic E-state index is -2.98. The molecule has 9 nitrogen and oxygen atoms in total. The first-order valence-electron chi connectivity index (χ1n) is 8.80. The van der Waals surface area contributed by atoms with Gasteiger partial charge < -0.3 is 19.9 Å². The number of aliphatic imine (C=N–C) groups is 1. The van der Waals surface area contributed by atoms with Crippen molar-refractivity contribution in [3.05, 3.63) is 18.5 Å². The zero-order valence-electron chi connectivity index (χ0n) is 15.5. The second-order valence-electron chi connectivity index (χ2n) is 6.00. The molecule has 1 aliphatic rings. The van der Waals surface area contributed by atoms with Crippen LogP contribution in [0.2, 0.25) is 0 Å². The Morgan fingerprint density at radius 3 is 2.54 bits per heavy atom. The van der Waals surface area contributed by atoms with Crippen molar-refractivity contribution in [3.8, 4) is 0 Å². The van der Waals surface area contributed by atoms with Crippen LogP contribution in [0.4, 0.5) is 5.95 Å². The van der Waals surface area contributed by atoms with E-state index < -0.39 is 9.84 Å². The van der Waals surface area contributed by atoms with Gasteiger partial charge in [-0.1, -0.05) is 0 Å². The summed E-state index contributed by atoms with van der Waals surface area (Å²) in [6.45, 7) is 7.26. The highest BCUT2D eigenvalue weighted by molar-refractivity contribution is 7.90. The van der Waals surface area contributed by atoms with Crippen LogP contribution in [0.15, 0.2) is 23.5 Å². The van der Waals surface area contributed by atoms with Crippen molar-refractivity contribution in [1.29, 1.82) is 0 Å². The summed E-state index contributed by atoms with van der Waals surface area (Å²) in [6.07, 6.45) is 4.71. The molecule has 10 heteroatoms. The number of nitrogens with zero attached hydrogens (tertiary/aromatic N) is 5. The number of rotatable bonds is 8. The molecular weight excluding hydrogens is 356 g/mol. The molecule has 0 spiro atoms. The number of nitrogens with one attached hydrogen (secondary N) is 1. The second-order valence-corrected chi connectivity index (χ2v) is 8.26. The third kappa shape index (κ3) is 7.12. The van der Waals surface area contributed by atoms with Crippen LogP contribution in [-0.2, 0) is 14.6 Å². The lowest BCUT2D eigenvalue weighted by atomic mass is 10.3. The highest BCUT2D eigenvalue weighted by atomic mass is 32.2. The topological polar surface area (TPSA) is 100 Å². The fraction of sp³-hybridized carbons (Fsp3) is 0.688. The molecule has 0 amide bonds. The molecule has 0 unspecified atom stereocenters. The minimum absolute atomic E-state index is 0.0420. The quantitative estimate of drug-likeness (QED) is 0.368. The van der Waals surface area contributed by atoms with Crippen LogP contribution in [0.25, 0.3) is 0 Å². The van der Waals surface area contributed by atoms with E-state index in [1.807, 2.05) is 13.0 Å². The predicted octanol–water partition coefficient (Wildman–Crippen LogP) is -0.375. The summed E-state index contributed by atoms with van der Waals surface area (Å²) in [4.78, 5) is 17.5. The molecule has 1 fully saturated rings. The third-order valence-electron chi connectivity index (χ3n) is 3.84. The average Bonchev–Trinajstić information content (AvgIpc) is 2.64. The van der Waals surface area contributed by atoms with E-state index in [1.165, 1.54) is 6.26 Å². The van der Waals surface area contributed by atoms with Crippen molar-refractivity contribution in [2.45, 2.75) is 6.92 Å². The monoisotopic (exact) mass is 384 g/mol. The van der Waals surface area contributed by atoms with Crippen LogP contribution >= 0.6 is 0 Å². The molecule has 2 heterocycles. The van der Waals surface area contributed by atoms with E-state index in [2.05, 4.69) is 30.1 Å².